The van der Waals surface area contributed by atoms with Crippen LogP contribution >= 0.6 is 0 Å². The highest BCUT2D eigenvalue weighted by atomic mass is 19.4. The number of hydrogen-bond acceptors (Lipinski definition) is 2. The van der Waals surface area contributed by atoms with E-state index >= 15 is 4.39 Å². The van der Waals surface area contributed by atoms with Crippen LogP contribution in [0.25, 0.3) is 0 Å². The summed E-state index contributed by atoms with van der Waals surface area (Å²) in [6.45, 7) is 4.52. The maximum Gasteiger partial charge on any atom is 0.422 e. The van der Waals surface area contributed by atoms with Gasteiger partial charge in [-0.05, 0) is 81.8 Å². The van der Waals surface area contributed by atoms with Crippen LogP contribution in [-0.2, 0) is 10.9 Å². The molecule has 0 spiro atoms. The van der Waals surface area contributed by atoms with Crippen molar-refractivity contribution in [1.29, 1.82) is 0 Å². The Morgan fingerprint density at radius 3 is 2.09 bits per heavy atom. The average molecular weight is 509 g/mol. The van der Waals surface area contributed by atoms with Gasteiger partial charge in [0.25, 0.3) is 0 Å². The standard InChI is InChI=1S/C27H38F6O2/c1-3-5-6-7-18-8-12-20(13-9-18)27(32,33)35-23-17-16-22(25(28)24(23)26(29,30)31)19-10-14-21(15-11-19)34-4-2/h16-21H,3-15H2,1-2H3. The predicted octanol–water partition coefficient (Wildman–Crippen LogP) is 9.27. The van der Waals surface area contributed by atoms with E-state index in [9.17, 15) is 22.0 Å². The van der Waals surface area contributed by atoms with Gasteiger partial charge in [-0.3, -0.25) is 0 Å². The number of hydrogen-bond donors (Lipinski definition) is 0. The second-order valence-corrected chi connectivity index (χ2v) is 10.1. The lowest BCUT2D eigenvalue weighted by molar-refractivity contribution is -0.226. The van der Waals surface area contributed by atoms with Crippen LogP contribution in [0.4, 0.5) is 26.3 Å². The van der Waals surface area contributed by atoms with Crippen molar-refractivity contribution >= 4 is 0 Å². The second-order valence-electron chi connectivity index (χ2n) is 10.1. The Bertz CT molecular complexity index is 794. The van der Waals surface area contributed by atoms with Crippen molar-refractivity contribution in [2.24, 2.45) is 11.8 Å². The second kappa shape index (κ2) is 12.2. The smallest absolute Gasteiger partial charge is 0.422 e. The van der Waals surface area contributed by atoms with Gasteiger partial charge in [0.1, 0.15) is 17.1 Å². The van der Waals surface area contributed by atoms with Crippen LogP contribution in [0.1, 0.15) is 108 Å². The number of ether oxygens (including phenoxy) is 2. The summed E-state index contributed by atoms with van der Waals surface area (Å²) in [6.07, 6.45) is -0.871. The molecule has 35 heavy (non-hydrogen) atoms. The summed E-state index contributed by atoms with van der Waals surface area (Å²) in [5.74, 6) is -3.84. The number of benzene rings is 1. The fourth-order valence-electron chi connectivity index (χ4n) is 5.72. The summed E-state index contributed by atoms with van der Waals surface area (Å²) in [4.78, 5) is 0. The van der Waals surface area contributed by atoms with Crippen LogP contribution in [0, 0.1) is 17.7 Å². The molecule has 2 fully saturated rings. The topological polar surface area (TPSA) is 18.5 Å². The first-order valence-corrected chi connectivity index (χ1v) is 13.1. The molecule has 0 radical (unpaired) electrons. The lowest BCUT2D eigenvalue weighted by Crippen LogP contribution is -2.38. The minimum absolute atomic E-state index is 0.0180. The van der Waals surface area contributed by atoms with Crippen molar-refractivity contribution in [3.05, 3.63) is 29.1 Å². The van der Waals surface area contributed by atoms with Crippen LogP contribution in [0.15, 0.2) is 12.1 Å². The van der Waals surface area contributed by atoms with E-state index in [1.54, 1.807) is 0 Å². The van der Waals surface area contributed by atoms with Crippen molar-refractivity contribution in [3.8, 4) is 5.75 Å². The zero-order chi connectivity index (χ0) is 25.6. The van der Waals surface area contributed by atoms with Crippen molar-refractivity contribution in [1.82, 2.24) is 0 Å². The first-order valence-electron chi connectivity index (χ1n) is 13.1. The highest BCUT2D eigenvalue weighted by molar-refractivity contribution is 5.42. The van der Waals surface area contributed by atoms with E-state index in [1.165, 1.54) is 6.07 Å². The summed E-state index contributed by atoms with van der Waals surface area (Å²) < 4.78 is 96.9. The number of halogens is 6. The quantitative estimate of drug-likeness (QED) is 0.232. The summed E-state index contributed by atoms with van der Waals surface area (Å²) >= 11 is 0. The van der Waals surface area contributed by atoms with E-state index in [1.807, 2.05) is 6.92 Å². The lowest BCUT2D eigenvalue weighted by Gasteiger charge is -2.34. The zero-order valence-corrected chi connectivity index (χ0v) is 20.7. The molecule has 0 unspecified atom stereocenters. The third-order valence-corrected chi connectivity index (χ3v) is 7.72. The Kier molecular flexibility index (Phi) is 9.81. The molecule has 0 bridgehead atoms. The summed E-state index contributed by atoms with van der Waals surface area (Å²) in [7, 11) is 0. The predicted molar refractivity (Wildman–Crippen MR) is 123 cm³/mol. The minimum Gasteiger partial charge on any atom is -0.432 e. The van der Waals surface area contributed by atoms with E-state index in [0.29, 0.717) is 51.0 Å². The molecule has 0 atom stereocenters. The fraction of sp³-hybridized carbons (Fsp3) is 0.778. The van der Waals surface area contributed by atoms with Gasteiger partial charge in [0.15, 0.2) is 0 Å². The van der Waals surface area contributed by atoms with E-state index in [-0.39, 0.29) is 24.5 Å². The van der Waals surface area contributed by atoms with Crippen molar-refractivity contribution in [2.75, 3.05) is 6.61 Å². The third kappa shape index (κ3) is 7.30. The molecule has 2 aliphatic carbocycles. The minimum atomic E-state index is -5.15. The molecular formula is C27H38F6O2. The van der Waals surface area contributed by atoms with Crippen molar-refractivity contribution in [3.63, 3.8) is 0 Å². The molecule has 0 heterocycles. The van der Waals surface area contributed by atoms with E-state index in [4.69, 9.17) is 9.47 Å². The number of alkyl halides is 5. The van der Waals surface area contributed by atoms with Gasteiger partial charge < -0.3 is 9.47 Å². The van der Waals surface area contributed by atoms with Crippen molar-refractivity contribution in [2.45, 2.75) is 115 Å². The largest absolute Gasteiger partial charge is 0.432 e. The van der Waals surface area contributed by atoms with E-state index in [2.05, 4.69) is 6.92 Å². The van der Waals surface area contributed by atoms with E-state index in [0.717, 1.165) is 31.7 Å². The van der Waals surface area contributed by atoms with Crippen LogP contribution in [0.2, 0.25) is 0 Å². The maximum atomic E-state index is 15.2. The fourth-order valence-corrected chi connectivity index (χ4v) is 5.72. The van der Waals surface area contributed by atoms with Crippen LogP contribution in [-0.4, -0.2) is 18.8 Å². The summed E-state index contributed by atoms with van der Waals surface area (Å²) in [6, 6.07) is 2.06. The molecule has 0 amide bonds. The Hall–Kier alpha value is -1.44. The van der Waals surface area contributed by atoms with Gasteiger partial charge in [-0.2, -0.15) is 22.0 Å². The summed E-state index contributed by atoms with van der Waals surface area (Å²) in [5.41, 5.74) is -1.81. The number of rotatable bonds is 10. The van der Waals surface area contributed by atoms with Gasteiger partial charge in [0.2, 0.25) is 0 Å². The SMILES string of the molecule is CCCCCC1CCC(C(F)(F)Oc2ccc(C3CCC(OCC)CC3)c(F)c2C(F)(F)F)CC1. The first kappa shape index (κ1) is 28.1. The number of unbranched alkanes of at least 4 members (excludes halogenated alkanes) is 2. The molecule has 2 aliphatic rings. The Morgan fingerprint density at radius 2 is 1.51 bits per heavy atom. The molecule has 0 N–H and O–H groups in total. The van der Waals surface area contributed by atoms with Gasteiger partial charge in [0, 0.05) is 6.61 Å². The Balaban J connectivity index is 1.73. The lowest BCUT2D eigenvalue weighted by atomic mass is 9.79. The highest BCUT2D eigenvalue weighted by Gasteiger charge is 2.47. The molecule has 2 nitrogen and oxygen atoms in total. The van der Waals surface area contributed by atoms with Gasteiger partial charge in [-0.15, -0.1) is 0 Å². The summed E-state index contributed by atoms with van der Waals surface area (Å²) in [5, 5.41) is 0. The van der Waals surface area contributed by atoms with Gasteiger partial charge in [-0.25, -0.2) is 4.39 Å². The van der Waals surface area contributed by atoms with Gasteiger partial charge in [0.05, 0.1) is 12.0 Å². The highest BCUT2D eigenvalue weighted by Crippen LogP contribution is 2.47. The molecule has 2 saturated carbocycles. The molecule has 0 saturated heterocycles. The molecule has 1 aromatic rings. The van der Waals surface area contributed by atoms with Gasteiger partial charge in [-0.1, -0.05) is 38.7 Å². The van der Waals surface area contributed by atoms with Crippen LogP contribution in [0.5, 0.6) is 5.75 Å². The molecule has 1 aromatic carbocycles. The third-order valence-electron chi connectivity index (χ3n) is 7.72. The Morgan fingerprint density at radius 1 is 0.857 bits per heavy atom. The molecule has 0 aromatic heterocycles. The monoisotopic (exact) mass is 508 g/mol. The van der Waals surface area contributed by atoms with Gasteiger partial charge >= 0.3 is 12.3 Å². The van der Waals surface area contributed by atoms with Crippen LogP contribution in [0.3, 0.4) is 0 Å². The first-order chi connectivity index (χ1) is 16.6. The molecule has 0 aliphatic heterocycles. The molecular weight excluding hydrogens is 470 g/mol. The zero-order valence-electron chi connectivity index (χ0n) is 20.7. The normalized spacial score (nSPS) is 26.1. The molecule has 8 heteroatoms. The molecule has 200 valence electrons. The average Bonchev–Trinajstić information content (AvgIpc) is 2.80. The maximum absolute atomic E-state index is 15.2. The molecule has 3 rings (SSSR count). The van der Waals surface area contributed by atoms with Crippen molar-refractivity contribution < 1.29 is 35.8 Å². The van der Waals surface area contributed by atoms with Crippen LogP contribution < -0.4 is 4.74 Å². The van der Waals surface area contributed by atoms with E-state index < -0.39 is 41.3 Å². The Labute approximate surface area is 204 Å².